The van der Waals surface area contributed by atoms with Crippen molar-refractivity contribution >= 4 is 45.1 Å². The maximum atomic E-state index is 13.5. The van der Waals surface area contributed by atoms with E-state index < -0.39 is 18.8 Å². The van der Waals surface area contributed by atoms with Crippen LogP contribution in [0.2, 0.25) is 0 Å². The smallest absolute Gasteiger partial charge is 0.320 e. The van der Waals surface area contributed by atoms with E-state index in [0.29, 0.717) is 4.70 Å². The minimum Gasteiger partial charge on any atom is -0.320 e. The SMILES string of the molecule is O=P(O)(O)C(F)(F)c1cc2ncsc2cc1Br. The number of hydrogen-bond acceptors (Lipinski definition) is 3. The van der Waals surface area contributed by atoms with E-state index in [9.17, 15) is 13.3 Å². The number of rotatable bonds is 2. The molecule has 2 N–H and O–H groups in total. The highest BCUT2D eigenvalue weighted by Crippen LogP contribution is 2.60. The van der Waals surface area contributed by atoms with Gasteiger partial charge in [-0.15, -0.1) is 11.3 Å². The van der Waals surface area contributed by atoms with Crippen LogP contribution < -0.4 is 0 Å². The van der Waals surface area contributed by atoms with Crippen molar-refractivity contribution in [3.05, 3.63) is 27.7 Å². The van der Waals surface area contributed by atoms with Gasteiger partial charge in [-0.3, -0.25) is 4.57 Å². The molecule has 1 aromatic carbocycles. The maximum Gasteiger partial charge on any atom is 0.399 e. The normalized spacial score (nSPS) is 13.2. The molecule has 0 fully saturated rings. The second-order valence-electron chi connectivity index (χ2n) is 3.24. The zero-order chi connectivity index (χ0) is 12.8. The van der Waals surface area contributed by atoms with E-state index in [1.54, 1.807) is 0 Å². The van der Waals surface area contributed by atoms with Gasteiger partial charge in [0.15, 0.2) is 0 Å². The van der Waals surface area contributed by atoms with Crippen molar-refractivity contribution in [2.45, 2.75) is 5.66 Å². The first-order chi connectivity index (χ1) is 7.73. The Hall–Kier alpha value is -0.400. The van der Waals surface area contributed by atoms with E-state index in [1.807, 2.05) is 0 Å². The van der Waals surface area contributed by atoms with E-state index in [0.717, 1.165) is 6.07 Å². The number of alkyl halides is 2. The van der Waals surface area contributed by atoms with Crippen LogP contribution >= 0.6 is 34.9 Å². The summed E-state index contributed by atoms with van der Waals surface area (Å²) in [6, 6.07) is 2.35. The Bertz CT molecular complexity index is 626. The Morgan fingerprint density at radius 2 is 2.06 bits per heavy atom. The standard InChI is InChI=1S/C8H5BrF2NO3PS/c9-5-2-7-6(12-3-17-7)1-4(5)8(10,11)16(13,14)15/h1-3H,(H2,13,14,15). The molecule has 0 saturated heterocycles. The summed E-state index contributed by atoms with van der Waals surface area (Å²) in [5.74, 6) is 0. The largest absolute Gasteiger partial charge is 0.399 e. The first-order valence-corrected chi connectivity index (χ1v) is 7.48. The topological polar surface area (TPSA) is 70.4 Å². The summed E-state index contributed by atoms with van der Waals surface area (Å²) >= 11 is 4.13. The lowest BCUT2D eigenvalue weighted by atomic mass is 10.2. The van der Waals surface area contributed by atoms with E-state index in [1.165, 1.54) is 22.9 Å². The second-order valence-corrected chi connectivity index (χ2v) is 6.63. The molecule has 2 rings (SSSR count). The first kappa shape index (κ1) is 13.0. The van der Waals surface area contributed by atoms with Gasteiger partial charge in [0, 0.05) is 10.0 Å². The molecule has 9 heteroatoms. The average Bonchev–Trinajstić information content (AvgIpc) is 2.61. The molecule has 0 atom stereocenters. The van der Waals surface area contributed by atoms with Crippen molar-refractivity contribution in [2.24, 2.45) is 0 Å². The van der Waals surface area contributed by atoms with Gasteiger partial charge in [-0.05, 0) is 12.1 Å². The lowest BCUT2D eigenvalue weighted by Gasteiger charge is -2.19. The fourth-order valence-electron chi connectivity index (χ4n) is 1.27. The van der Waals surface area contributed by atoms with Gasteiger partial charge in [-0.25, -0.2) is 4.98 Å². The monoisotopic (exact) mass is 343 g/mol. The van der Waals surface area contributed by atoms with E-state index in [2.05, 4.69) is 20.9 Å². The van der Waals surface area contributed by atoms with Gasteiger partial charge in [0.25, 0.3) is 0 Å². The quantitative estimate of drug-likeness (QED) is 0.821. The highest BCUT2D eigenvalue weighted by Gasteiger charge is 2.51. The fraction of sp³-hybridized carbons (Fsp3) is 0.125. The van der Waals surface area contributed by atoms with Gasteiger partial charge in [0.05, 0.1) is 15.7 Å². The summed E-state index contributed by atoms with van der Waals surface area (Å²) in [4.78, 5) is 21.2. The van der Waals surface area contributed by atoms with Gasteiger partial charge in [-0.1, -0.05) is 15.9 Å². The van der Waals surface area contributed by atoms with Crippen LogP contribution in [0.1, 0.15) is 5.56 Å². The number of nitrogens with zero attached hydrogens (tertiary/aromatic N) is 1. The van der Waals surface area contributed by atoms with Crippen LogP contribution in [0.15, 0.2) is 22.1 Å². The Morgan fingerprint density at radius 1 is 1.41 bits per heavy atom. The lowest BCUT2D eigenvalue weighted by molar-refractivity contribution is 0.0558. The Labute approximate surface area is 107 Å². The van der Waals surface area contributed by atoms with Gasteiger partial charge in [-0.2, -0.15) is 8.78 Å². The molecular formula is C8H5BrF2NO3PS. The van der Waals surface area contributed by atoms with Crippen molar-refractivity contribution in [2.75, 3.05) is 0 Å². The van der Waals surface area contributed by atoms with Gasteiger partial charge in [0.2, 0.25) is 0 Å². The van der Waals surface area contributed by atoms with Crippen LogP contribution in [0.3, 0.4) is 0 Å². The Morgan fingerprint density at radius 3 is 2.65 bits per heavy atom. The van der Waals surface area contributed by atoms with Crippen LogP contribution in [0.5, 0.6) is 0 Å². The number of aromatic nitrogens is 1. The molecule has 4 nitrogen and oxygen atoms in total. The van der Waals surface area contributed by atoms with Crippen molar-refractivity contribution < 1.29 is 23.1 Å². The second kappa shape index (κ2) is 4.07. The fourth-order valence-corrected chi connectivity index (χ4v) is 3.36. The summed E-state index contributed by atoms with van der Waals surface area (Å²) in [5.41, 5.74) is -3.24. The molecule has 0 bridgehead atoms. The average molecular weight is 344 g/mol. The molecule has 0 radical (unpaired) electrons. The summed E-state index contributed by atoms with van der Waals surface area (Å²) in [6.07, 6.45) is 0. The Balaban J connectivity index is 2.70. The third-order valence-electron chi connectivity index (χ3n) is 2.11. The van der Waals surface area contributed by atoms with Crippen LogP contribution in [0, 0.1) is 0 Å². The molecule has 17 heavy (non-hydrogen) atoms. The third-order valence-corrected chi connectivity index (χ3v) is 4.53. The zero-order valence-electron chi connectivity index (χ0n) is 7.97. The highest BCUT2D eigenvalue weighted by atomic mass is 79.9. The number of thiazole rings is 1. The van der Waals surface area contributed by atoms with E-state index in [4.69, 9.17) is 9.79 Å². The molecule has 0 aliphatic carbocycles. The van der Waals surface area contributed by atoms with Gasteiger partial charge >= 0.3 is 13.3 Å². The summed E-state index contributed by atoms with van der Waals surface area (Å²) in [7, 11) is -5.56. The summed E-state index contributed by atoms with van der Waals surface area (Å²) in [5, 5.41) is 0. The summed E-state index contributed by atoms with van der Waals surface area (Å²) in [6.45, 7) is 0. The third kappa shape index (κ3) is 2.15. The molecule has 0 unspecified atom stereocenters. The van der Waals surface area contributed by atoms with Crippen molar-refractivity contribution in [3.8, 4) is 0 Å². The van der Waals surface area contributed by atoms with Crippen LogP contribution in [0.4, 0.5) is 8.78 Å². The molecule has 1 aromatic heterocycles. The van der Waals surface area contributed by atoms with Gasteiger partial charge in [0.1, 0.15) is 0 Å². The highest BCUT2D eigenvalue weighted by molar-refractivity contribution is 9.10. The van der Waals surface area contributed by atoms with Gasteiger partial charge < -0.3 is 9.79 Å². The van der Waals surface area contributed by atoms with Crippen LogP contribution in [-0.2, 0) is 10.2 Å². The molecule has 0 aliphatic rings. The molecule has 0 saturated carbocycles. The number of fused-ring (bicyclic) bond motifs is 1. The molecular weight excluding hydrogens is 339 g/mol. The number of hydrogen-bond donors (Lipinski definition) is 2. The molecule has 0 aliphatic heterocycles. The van der Waals surface area contributed by atoms with E-state index in [-0.39, 0.29) is 9.99 Å². The predicted octanol–water partition coefficient (Wildman–Crippen LogP) is 3.29. The number of benzene rings is 1. The van der Waals surface area contributed by atoms with Crippen molar-refractivity contribution in [1.29, 1.82) is 0 Å². The first-order valence-electron chi connectivity index (χ1n) is 4.20. The van der Waals surface area contributed by atoms with Crippen LogP contribution in [-0.4, -0.2) is 14.8 Å². The Kier molecular flexibility index (Phi) is 3.12. The molecule has 0 spiro atoms. The molecule has 2 aromatic rings. The molecule has 1 heterocycles. The van der Waals surface area contributed by atoms with Crippen molar-refractivity contribution in [1.82, 2.24) is 4.98 Å². The van der Waals surface area contributed by atoms with Crippen LogP contribution in [0.25, 0.3) is 10.2 Å². The summed E-state index contributed by atoms with van der Waals surface area (Å²) < 4.78 is 38.5. The maximum absolute atomic E-state index is 13.5. The van der Waals surface area contributed by atoms with Crippen molar-refractivity contribution in [3.63, 3.8) is 0 Å². The minimum atomic E-state index is -5.56. The molecule has 92 valence electrons. The van der Waals surface area contributed by atoms with E-state index >= 15 is 0 Å². The molecule has 0 amide bonds. The predicted molar refractivity (Wildman–Crippen MR) is 63.3 cm³/mol. The minimum absolute atomic E-state index is 0.0532. The number of halogens is 3. The zero-order valence-corrected chi connectivity index (χ0v) is 11.3. The lowest BCUT2D eigenvalue weighted by Crippen LogP contribution is -2.14.